The van der Waals surface area contributed by atoms with Crippen molar-refractivity contribution in [2.24, 2.45) is 4.99 Å². The lowest BCUT2D eigenvalue weighted by Gasteiger charge is -2.45. The fourth-order valence-corrected chi connectivity index (χ4v) is 7.99. The molecule has 0 aliphatic carbocycles. The van der Waals surface area contributed by atoms with Crippen molar-refractivity contribution in [2.75, 3.05) is 25.2 Å². The molecule has 0 bridgehead atoms. The van der Waals surface area contributed by atoms with E-state index in [1.807, 2.05) is 79.0 Å². The van der Waals surface area contributed by atoms with Gasteiger partial charge in [0.1, 0.15) is 22.9 Å². The molecule has 0 saturated heterocycles. The van der Waals surface area contributed by atoms with Crippen LogP contribution in [0.4, 0.5) is 11.4 Å². The van der Waals surface area contributed by atoms with Crippen LogP contribution in [-0.4, -0.2) is 44.1 Å². The number of unbranched alkanes of at least 4 members (excludes halogenated alkanes) is 8. The quantitative estimate of drug-likeness (QED) is 0.0403. The van der Waals surface area contributed by atoms with Crippen molar-refractivity contribution >= 4 is 40.3 Å². The second-order valence-electron chi connectivity index (χ2n) is 15.4. The van der Waals surface area contributed by atoms with E-state index in [1.165, 1.54) is 43.7 Å². The number of para-hydroxylation sites is 1. The molecular formula is C49H52N2O6. The van der Waals surface area contributed by atoms with Gasteiger partial charge < -0.3 is 23.8 Å². The number of ether oxygens (including phenoxy) is 4. The van der Waals surface area contributed by atoms with E-state index in [1.54, 1.807) is 12.1 Å². The lowest BCUT2D eigenvalue weighted by molar-refractivity contribution is -0.137. The average molecular weight is 765 g/mol. The van der Waals surface area contributed by atoms with Crippen molar-refractivity contribution in [2.45, 2.75) is 82.8 Å². The highest BCUT2D eigenvalue weighted by atomic mass is 16.5. The van der Waals surface area contributed by atoms with E-state index in [0.29, 0.717) is 30.3 Å². The summed E-state index contributed by atoms with van der Waals surface area (Å²) < 4.78 is 23.7. The van der Waals surface area contributed by atoms with Gasteiger partial charge in [-0.1, -0.05) is 106 Å². The van der Waals surface area contributed by atoms with Gasteiger partial charge in [0.2, 0.25) is 5.72 Å². The first-order valence-electron chi connectivity index (χ1n) is 20.2. The predicted molar refractivity (Wildman–Crippen MR) is 228 cm³/mol. The van der Waals surface area contributed by atoms with Crippen LogP contribution in [0.1, 0.15) is 87.6 Å². The third-order valence-corrected chi connectivity index (χ3v) is 11.4. The number of aliphatic imine (C=N–C) groups is 1. The topological polar surface area (TPSA) is 86.7 Å². The molecule has 8 nitrogen and oxygen atoms in total. The van der Waals surface area contributed by atoms with E-state index in [0.717, 1.165) is 64.7 Å². The molecule has 0 saturated carbocycles. The molecule has 2 aliphatic heterocycles. The van der Waals surface area contributed by atoms with Crippen LogP contribution >= 0.6 is 0 Å². The molecule has 2 aliphatic rings. The monoisotopic (exact) mass is 764 g/mol. The van der Waals surface area contributed by atoms with Crippen LogP contribution in [-0.2, 0) is 14.9 Å². The molecule has 1 spiro atoms. The van der Waals surface area contributed by atoms with Crippen LogP contribution in [0, 0.1) is 0 Å². The summed E-state index contributed by atoms with van der Waals surface area (Å²) >= 11 is 0. The van der Waals surface area contributed by atoms with Crippen molar-refractivity contribution < 1.29 is 28.5 Å². The molecule has 0 fully saturated rings. The molecular weight excluding hydrogens is 713 g/mol. The van der Waals surface area contributed by atoms with Crippen LogP contribution in [0.15, 0.2) is 121 Å². The molecule has 294 valence electrons. The number of anilines is 1. The Labute approximate surface area is 336 Å². The van der Waals surface area contributed by atoms with Crippen LogP contribution < -0.4 is 19.1 Å². The molecule has 0 radical (unpaired) electrons. The summed E-state index contributed by atoms with van der Waals surface area (Å²) in [5.41, 5.74) is 4.43. The minimum Gasteiger partial charge on any atom is -0.494 e. The summed E-state index contributed by atoms with van der Waals surface area (Å²) in [6.45, 7) is 8.97. The van der Waals surface area contributed by atoms with E-state index in [9.17, 15) is 9.59 Å². The number of carbonyl (C=O) groups excluding carboxylic acids is 2. The maximum Gasteiger partial charge on any atom is 0.343 e. The van der Waals surface area contributed by atoms with Gasteiger partial charge in [0.15, 0.2) is 0 Å². The van der Waals surface area contributed by atoms with Gasteiger partial charge in [-0.3, -0.25) is 4.99 Å². The lowest BCUT2D eigenvalue weighted by Crippen LogP contribution is -2.61. The van der Waals surface area contributed by atoms with Crippen molar-refractivity contribution in [3.63, 3.8) is 0 Å². The molecule has 0 aromatic heterocycles. The number of benzene rings is 5. The van der Waals surface area contributed by atoms with Crippen LogP contribution in [0.25, 0.3) is 21.9 Å². The molecule has 2 heterocycles. The van der Waals surface area contributed by atoms with Crippen LogP contribution in [0.2, 0.25) is 0 Å². The fourth-order valence-electron chi connectivity index (χ4n) is 7.99. The molecule has 57 heavy (non-hydrogen) atoms. The Morgan fingerprint density at radius 2 is 1.37 bits per heavy atom. The number of hydrogen-bond acceptors (Lipinski definition) is 8. The first-order valence-corrected chi connectivity index (χ1v) is 20.2. The number of likely N-dealkylation sites (N-methyl/N-ethyl adjacent to an activating group) is 1. The maximum absolute atomic E-state index is 13.3. The number of rotatable bonds is 17. The fraction of sp³-hybridized carbons (Fsp3) is 0.327. The minimum atomic E-state index is -0.778. The van der Waals surface area contributed by atoms with E-state index in [2.05, 4.69) is 50.6 Å². The molecule has 1 unspecified atom stereocenters. The first-order chi connectivity index (χ1) is 27.7. The third-order valence-electron chi connectivity index (χ3n) is 11.4. The number of carbonyl (C=O) groups is 2. The number of fused-ring (bicyclic) bond motifs is 4. The zero-order chi connectivity index (χ0) is 39.8. The SMILES string of the molecule is C=CC(=O)OCCCCCCCCCCCOc1ccc(-c2ccc(C(=O)Oc3ccc4ccc5c(c4c3)N=CC3(O5)N(C)c4ccccc4C3(C)C)cc2)cc1. The summed E-state index contributed by atoms with van der Waals surface area (Å²) in [5, 5.41) is 1.83. The summed E-state index contributed by atoms with van der Waals surface area (Å²) in [6.07, 6.45) is 13.4. The van der Waals surface area contributed by atoms with E-state index >= 15 is 0 Å². The van der Waals surface area contributed by atoms with E-state index in [4.69, 9.17) is 23.9 Å². The smallest absolute Gasteiger partial charge is 0.343 e. The zero-order valence-corrected chi connectivity index (χ0v) is 33.3. The Bertz CT molecular complexity index is 2240. The molecule has 0 N–H and O–H groups in total. The molecule has 8 heteroatoms. The molecule has 5 aromatic rings. The van der Waals surface area contributed by atoms with E-state index in [-0.39, 0.29) is 11.4 Å². The average Bonchev–Trinajstić information content (AvgIpc) is 3.39. The Hall–Kier alpha value is -5.89. The second-order valence-corrected chi connectivity index (χ2v) is 15.4. The van der Waals surface area contributed by atoms with Gasteiger partial charge in [-0.15, -0.1) is 0 Å². The van der Waals surface area contributed by atoms with Gasteiger partial charge in [-0.25, -0.2) is 9.59 Å². The number of nitrogens with zero attached hydrogens (tertiary/aromatic N) is 2. The predicted octanol–water partition coefficient (Wildman–Crippen LogP) is 11.6. The molecule has 7 rings (SSSR count). The van der Waals surface area contributed by atoms with Gasteiger partial charge >= 0.3 is 11.9 Å². The lowest BCUT2D eigenvalue weighted by atomic mass is 9.77. The summed E-state index contributed by atoms with van der Waals surface area (Å²) in [4.78, 5) is 31.5. The standard InChI is InChI=1S/C49H52N2O6/c1-5-45(52)55-32-16-12-10-8-6-7-9-11-15-31-54-39-27-23-36(24-28-39)35-19-21-38(22-20-35)47(53)56-40-29-25-37-26-30-44-46(41(37)33-40)50-34-49(57-44)48(2,3)42-17-13-14-18-43(42)51(49)4/h5,13-14,17-30,33-34H,1,6-12,15-16,31-32H2,2-4H3. The normalized spacial score (nSPS) is 16.2. The number of esters is 2. The second kappa shape index (κ2) is 17.5. The Morgan fingerprint density at radius 1 is 0.754 bits per heavy atom. The number of hydrogen-bond donors (Lipinski definition) is 0. The van der Waals surface area contributed by atoms with Crippen LogP contribution in [0.5, 0.6) is 17.2 Å². The summed E-state index contributed by atoms with van der Waals surface area (Å²) in [7, 11) is 2.05. The maximum atomic E-state index is 13.3. The van der Waals surface area contributed by atoms with Crippen LogP contribution in [0.3, 0.4) is 0 Å². The van der Waals surface area contributed by atoms with Crippen molar-refractivity contribution in [1.29, 1.82) is 0 Å². The highest BCUT2D eigenvalue weighted by molar-refractivity contribution is 6.01. The zero-order valence-electron chi connectivity index (χ0n) is 33.3. The van der Waals surface area contributed by atoms with Gasteiger partial charge in [0.05, 0.1) is 30.4 Å². The van der Waals surface area contributed by atoms with Crippen molar-refractivity contribution in [3.8, 4) is 28.4 Å². The summed E-state index contributed by atoms with van der Waals surface area (Å²) in [5.74, 6) is 1.21. The summed E-state index contributed by atoms with van der Waals surface area (Å²) in [6, 6.07) is 33.5. The Kier molecular flexibility index (Phi) is 12.1. The van der Waals surface area contributed by atoms with Gasteiger partial charge in [-0.2, -0.15) is 0 Å². The molecule has 0 amide bonds. The Balaban J connectivity index is 0.875. The highest BCUT2D eigenvalue weighted by Crippen LogP contribution is 2.54. The highest BCUT2D eigenvalue weighted by Gasteiger charge is 2.58. The largest absolute Gasteiger partial charge is 0.494 e. The van der Waals surface area contributed by atoms with E-state index < -0.39 is 11.7 Å². The molecule has 5 aromatic carbocycles. The third kappa shape index (κ3) is 8.46. The Morgan fingerprint density at radius 3 is 2.05 bits per heavy atom. The first kappa shape index (κ1) is 39.3. The minimum absolute atomic E-state index is 0.341. The van der Waals surface area contributed by atoms with Crippen molar-refractivity contribution in [1.82, 2.24) is 0 Å². The van der Waals surface area contributed by atoms with Gasteiger partial charge in [-0.05, 0) is 97.3 Å². The van der Waals surface area contributed by atoms with Gasteiger partial charge in [0, 0.05) is 24.2 Å². The molecule has 1 atom stereocenters. The van der Waals surface area contributed by atoms with Crippen molar-refractivity contribution in [3.05, 3.63) is 127 Å². The van der Waals surface area contributed by atoms with Gasteiger partial charge in [0.25, 0.3) is 0 Å².